The van der Waals surface area contributed by atoms with Gasteiger partial charge in [-0.05, 0) is 56.0 Å². The number of urea groups is 1. The van der Waals surface area contributed by atoms with Crippen molar-refractivity contribution in [3.05, 3.63) is 54.0 Å². The number of nitrogens with one attached hydrogen (secondary N) is 1. The van der Waals surface area contributed by atoms with Gasteiger partial charge in [-0.15, -0.1) is 5.10 Å². The summed E-state index contributed by atoms with van der Waals surface area (Å²) in [4.78, 5) is 14.4. The van der Waals surface area contributed by atoms with E-state index in [9.17, 15) is 9.18 Å². The van der Waals surface area contributed by atoms with Crippen molar-refractivity contribution in [3.63, 3.8) is 0 Å². The number of hydrogen-bond acceptors (Lipinski definition) is 3. The van der Waals surface area contributed by atoms with Crippen molar-refractivity contribution >= 4 is 11.8 Å². The second-order valence-corrected chi connectivity index (χ2v) is 6.10. The van der Waals surface area contributed by atoms with E-state index in [1.54, 1.807) is 24.4 Å². The summed E-state index contributed by atoms with van der Waals surface area (Å²) in [5.41, 5.74) is 0.562. The second kappa shape index (κ2) is 6.32. The quantitative estimate of drug-likeness (QED) is 0.946. The predicted molar refractivity (Wildman–Crippen MR) is 85.5 cm³/mol. The van der Waals surface area contributed by atoms with Crippen LogP contribution in [0.15, 0.2) is 42.6 Å². The average Bonchev–Trinajstić information content (AvgIpc) is 2.89. The number of aromatic nitrogens is 2. The molecule has 1 aromatic carbocycles. The normalized spacial score (nSPS) is 20.5. The molecule has 5 nitrogen and oxygen atoms in total. The molecule has 3 rings (SSSR count). The van der Waals surface area contributed by atoms with Gasteiger partial charge in [-0.3, -0.25) is 5.32 Å². The summed E-state index contributed by atoms with van der Waals surface area (Å²) >= 11 is 0. The number of hydrogen-bond donors (Lipinski definition) is 1. The lowest BCUT2D eigenvalue weighted by Gasteiger charge is -2.35. The zero-order valence-corrected chi connectivity index (χ0v) is 13.0. The molecule has 0 spiro atoms. The SMILES string of the molecule is CC1(Cc2cccc(F)c2)CCCN1C(=O)Nc1cccnn1. The molecule has 2 amide bonds. The fourth-order valence-corrected chi connectivity index (χ4v) is 3.19. The molecule has 1 saturated heterocycles. The van der Waals surface area contributed by atoms with Crippen molar-refractivity contribution in [1.29, 1.82) is 0 Å². The first-order valence-corrected chi connectivity index (χ1v) is 7.68. The fourth-order valence-electron chi connectivity index (χ4n) is 3.19. The molecule has 2 aromatic rings. The summed E-state index contributed by atoms with van der Waals surface area (Å²) in [5, 5.41) is 10.4. The number of halogens is 1. The van der Waals surface area contributed by atoms with Crippen LogP contribution in [0.5, 0.6) is 0 Å². The number of nitrogens with zero attached hydrogens (tertiary/aromatic N) is 3. The molecule has 1 aliphatic heterocycles. The van der Waals surface area contributed by atoms with Crippen LogP contribution in [0.1, 0.15) is 25.3 Å². The van der Waals surface area contributed by atoms with Crippen LogP contribution in [0, 0.1) is 5.82 Å². The number of likely N-dealkylation sites (tertiary alicyclic amines) is 1. The van der Waals surface area contributed by atoms with Gasteiger partial charge in [0.25, 0.3) is 0 Å². The van der Waals surface area contributed by atoms with Crippen molar-refractivity contribution in [3.8, 4) is 0 Å². The lowest BCUT2D eigenvalue weighted by atomic mass is 9.90. The fraction of sp³-hybridized carbons (Fsp3) is 0.353. The van der Waals surface area contributed by atoms with Crippen LogP contribution in [-0.4, -0.2) is 33.2 Å². The van der Waals surface area contributed by atoms with Gasteiger partial charge in [0.1, 0.15) is 5.82 Å². The molecular formula is C17H19FN4O. The van der Waals surface area contributed by atoms with Gasteiger partial charge in [-0.25, -0.2) is 9.18 Å². The number of anilines is 1. The van der Waals surface area contributed by atoms with Crippen LogP contribution in [-0.2, 0) is 6.42 Å². The summed E-state index contributed by atoms with van der Waals surface area (Å²) in [6.07, 6.45) is 4.00. The Hall–Kier alpha value is -2.50. The van der Waals surface area contributed by atoms with Crippen LogP contribution in [0.25, 0.3) is 0 Å². The van der Waals surface area contributed by atoms with E-state index in [0.29, 0.717) is 18.8 Å². The predicted octanol–water partition coefficient (Wildman–Crippen LogP) is 3.24. The maximum absolute atomic E-state index is 13.4. The minimum absolute atomic E-state index is 0.193. The van der Waals surface area contributed by atoms with Crippen LogP contribution in [0.3, 0.4) is 0 Å². The number of carbonyl (C=O) groups excluding carboxylic acids is 1. The molecule has 0 bridgehead atoms. The first-order chi connectivity index (χ1) is 11.1. The molecule has 1 fully saturated rings. The molecule has 6 heteroatoms. The van der Waals surface area contributed by atoms with Crippen molar-refractivity contribution in [2.45, 2.75) is 31.7 Å². The zero-order valence-electron chi connectivity index (χ0n) is 13.0. The summed E-state index contributed by atoms with van der Waals surface area (Å²) in [5.74, 6) is 0.178. The largest absolute Gasteiger partial charge is 0.323 e. The molecule has 1 atom stereocenters. The van der Waals surface area contributed by atoms with E-state index in [0.717, 1.165) is 18.4 Å². The highest BCUT2D eigenvalue weighted by atomic mass is 19.1. The monoisotopic (exact) mass is 314 g/mol. The Morgan fingerprint density at radius 3 is 3.00 bits per heavy atom. The van der Waals surface area contributed by atoms with Crippen LogP contribution < -0.4 is 5.32 Å². The third-order valence-electron chi connectivity index (χ3n) is 4.28. The van der Waals surface area contributed by atoms with E-state index in [4.69, 9.17) is 0 Å². The highest BCUT2D eigenvalue weighted by Crippen LogP contribution is 2.33. The molecule has 23 heavy (non-hydrogen) atoms. The topological polar surface area (TPSA) is 58.1 Å². The summed E-state index contributed by atoms with van der Waals surface area (Å²) < 4.78 is 13.4. The number of carbonyl (C=O) groups is 1. The van der Waals surface area contributed by atoms with E-state index >= 15 is 0 Å². The third-order valence-corrected chi connectivity index (χ3v) is 4.28. The van der Waals surface area contributed by atoms with E-state index in [1.807, 2.05) is 17.9 Å². The zero-order chi connectivity index (χ0) is 16.3. The lowest BCUT2D eigenvalue weighted by molar-refractivity contribution is 0.167. The Bertz CT molecular complexity index is 694. The minimum atomic E-state index is -0.333. The van der Waals surface area contributed by atoms with Crippen molar-refractivity contribution in [2.75, 3.05) is 11.9 Å². The Morgan fingerprint density at radius 1 is 1.39 bits per heavy atom. The maximum Gasteiger partial charge on any atom is 0.323 e. The molecule has 1 aliphatic rings. The molecule has 0 saturated carbocycles. The molecule has 1 unspecified atom stereocenters. The molecule has 0 aliphatic carbocycles. The molecule has 1 N–H and O–H groups in total. The molecule has 1 aromatic heterocycles. The second-order valence-electron chi connectivity index (χ2n) is 6.10. The molecule has 120 valence electrons. The van der Waals surface area contributed by atoms with Gasteiger partial charge in [0.2, 0.25) is 0 Å². The minimum Gasteiger partial charge on any atom is -0.319 e. The van der Waals surface area contributed by atoms with E-state index in [-0.39, 0.29) is 17.4 Å². The Morgan fingerprint density at radius 2 is 2.26 bits per heavy atom. The van der Waals surface area contributed by atoms with Gasteiger partial charge < -0.3 is 4.90 Å². The van der Waals surface area contributed by atoms with Crippen LogP contribution >= 0.6 is 0 Å². The number of benzene rings is 1. The number of rotatable bonds is 3. The van der Waals surface area contributed by atoms with Gasteiger partial charge in [0, 0.05) is 18.3 Å². The lowest BCUT2D eigenvalue weighted by Crippen LogP contribution is -2.48. The van der Waals surface area contributed by atoms with Gasteiger partial charge in [-0.2, -0.15) is 5.10 Å². The molecular weight excluding hydrogens is 295 g/mol. The van der Waals surface area contributed by atoms with Crippen molar-refractivity contribution in [1.82, 2.24) is 15.1 Å². The summed E-state index contributed by atoms with van der Waals surface area (Å²) in [6.45, 7) is 2.72. The number of amides is 2. The van der Waals surface area contributed by atoms with E-state index in [1.165, 1.54) is 12.1 Å². The smallest absolute Gasteiger partial charge is 0.319 e. The summed E-state index contributed by atoms with van der Waals surface area (Å²) in [7, 11) is 0. The van der Waals surface area contributed by atoms with Crippen molar-refractivity contribution in [2.24, 2.45) is 0 Å². The van der Waals surface area contributed by atoms with Gasteiger partial charge >= 0.3 is 6.03 Å². The first kappa shape index (κ1) is 15.4. The standard InChI is InChI=1S/C17H19FN4O/c1-17(12-13-5-2-6-14(18)11-13)8-4-10-22(17)16(23)20-15-7-3-9-19-21-15/h2-3,5-7,9,11H,4,8,10,12H2,1H3,(H,20,21,23). The van der Waals surface area contributed by atoms with E-state index in [2.05, 4.69) is 15.5 Å². The first-order valence-electron chi connectivity index (χ1n) is 7.68. The van der Waals surface area contributed by atoms with Crippen LogP contribution in [0.2, 0.25) is 0 Å². The highest BCUT2D eigenvalue weighted by Gasteiger charge is 2.39. The summed E-state index contributed by atoms with van der Waals surface area (Å²) in [6, 6.07) is 9.78. The van der Waals surface area contributed by atoms with Gasteiger partial charge in [0.15, 0.2) is 5.82 Å². The Balaban J connectivity index is 1.74. The van der Waals surface area contributed by atoms with E-state index < -0.39 is 0 Å². The van der Waals surface area contributed by atoms with Crippen molar-refractivity contribution < 1.29 is 9.18 Å². The maximum atomic E-state index is 13.4. The molecule has 0 radical (unpaired) electrons. The molecule has 2 heterocycles. The average molecular weight is 314 g/mol. The third kappa shape index (κ3) is 3.47. The Labute approximate surface area is 134 Å². The van der Waals surface area contributed by atoms with Crippen LogP contribution in [0.4, 0.5) is 15.0 Å². The van der Waals surface area contributed by atoms with Gasteiger partial charge in [-0.1, -0.05) is 12.1 Å². The Kier molecular flexibility index (Phi) is 4.23. The van der Waals surface area contributed by atoms with Gasteiger partial charge in [0.05, 0.1) is 0 Å². The highest BCUT2D eigenvalue weighted by molar-refractivity contribution is 5.89.